The molecule has 0 aliphatic rings. The van der Waals surface area contributed by atoms with Crippen LogP contribution in [0.25, 0.3) is 16.7 Å². The number of rotatable bonds is 2. The highest BCUT2D eigenvalue weighted by atomic mass is 35.5. The molecule has 0 unspecified atom stereocenters. The zero-order chi connectivity index (χ0) is 15.0. The van der Waals surface area contributed by atoms with Gasteiger partial charge in [-0.15, -0.1) is 11.6 Å². The van der Waals surface area contributed by atoms with Crippen LogP contribution in [0.2, 0.25) is 10.0 Å². The van der Waals surface area contributed by atoms with Crippen molar-refractivity contribution in [2.75, 3.05) is 0 Å². The number of alkyl halides is 1. The lowest BCUT2D eigenvalue weighted by Crippen LogP contribution is -1.99. The number of nitriles is 1. The third-order valence-corrected chi connectivity index (χ3v) is 4.10. The summed E-state index contributed by atoms with van der Waals surface area (Å²) < 4.78 is 1.91. The van der Waals surface area contributed by atoms with Gasteiger partial charge in [0, 0.05) is 5.69 Å². The van der Waals surface area contributed by atoms with E-state index in [4.69, 9.17) is 40.1 Å². The molecule has 1 heterocycles. The number of imidazole rings is 1. The monoisotopic (exact) mass is 335 g/mol. The van der Waals surface area contributed by atoms with E-state index >= 15 is 0 Å². The van der Waals surface area contributed by atoms with Crippen LogP contribution in [0.1, 0.15) is 11.4 Å². The molecule has 0 fully saturated rings. The van der Waals surface area contributed by atoms with Gasteiger partial charge in [0.2, 0.25) is 0 Å². The predicted molar refractivity (Wildman–Crippen MR) is 85.4 cm³/mol. The van der Waals surface area contributed by atoms with Crippen LogP contribution in [0.5, 0.6) is 0 Å². The maximum Gasteiger partial charge on any atom is 0.129 e. The first kappa shape index (κ1) is 14.2. The van der Waals surface area contributed by atoms with Gasteiger partial charge >= 0.3 is 0 Å². The molecule has 0 N–H and O–H groups in total. The lowest BCUT2D eigenvalue weighted by atomic mass is 10.2. The van der Waals surface area contributed by atoms with E-state index in [1.54, 1.807) is 24.3 Å². The van der Waals surface area contributed by atoms with Crippen LogP contribution in [-0.2, 0) is 5.88 Å². The van der Waals surface area contributed by atoms with E-state index in [1.165, 1.54) is 0 Å². The van der Waals surface area contributed by atoms with Crippen molar-refractivity contribution in [1.82, 2.24) is 9.55 Å². The smallest absolute Gasteiger partial charge is 0.129 e. The average molecular weight is 337 g/mol. The molecule has 3 nitrogen and oxygen atoms in total. The molecule has 0 atom stereocenters. The maximum absolute atomic E-state index is 8.88. The fraction of sp³-hybridized carbons (Fsp3) is 0.0667. The van der Waals surface area contributed by atoms with Crippen molar-refractivity contribution >= 4 is 45.8 Å². The van der Waals surface area contributed by atoms with Gasteiger partial charge in [-0.25, -0.2) is 4.98 Å². The minimum Gasteiger partial charge on any atom is -0.295 e. The summed E-state index contributed by atoms with van der Waals surface area (Å²) in [6.07, 6.45) is 0. The number of hydrogen-bond acceptors (Lipinski definition) is 2. The van der Waals surface area contributed by atoms with Crippen molar-refractivity contribution in [1.29, 1.82) is 5.26 Å². The summed E-state index contributed by atoms with van der Waals surface area (Å²) in [4.78, 5) is 4.47. The Hall–Kier alpha value is -1.73. The quantitative estimate of drug-likeness (QED) is 0.622. The topological polar surface area (TPSA) is 41.6 Å². The highest BCUT2D eigenvalue weighted by Crippen LogP contribution is 2.30. The first-order valence-corrected chi connectivity index (χ1v) is 7.36. The Morgan fingerprint density at radius 3 is 2.38 bits per heavy atom. The van der Waals surface area contributed by atoms with Crippen molar-refractivity contribution in [3.63, 3.8) is 0 Å². The number of fused-ring (bicyclic) bond motifs is 1. The van der Waals surface area contributed by atoms with Gasteiger partial charge in [0.1, 0.15) is 5.82 Å². The zero-order valence-corrected chi connectivity index (χ0v) is 12.9. The molecule has 104 valence electrons. The Bertz CT molecular complexity index is 860. The van der Waals surface area contributed by atoms with Crippen LogP contribution in [-0.4, -0.2) is 9.55 Å². The van der Waals surface area contributed by atoms with Crippen molar-refractivity contribution in [2.24, 2.45) is 0 Å². The fourth-order valence-corrected chi connectivity index (χ4v) is 2.68. The minimum absolute atomic E-state index is 0.254. The molecule has 21 heavy (non-hydrogen) atoms. The first-order valence-electron chi connectivity index (χ1n) is 6.07. The summed E-state index contributed by atoms with van der Waals surface area (Å²) >= 11 is 18.1. The zero-order valence-electron chi connectivity index (χ0n) is 10.6. The van der Waals surface area contributed by atoms with Gasteiger partial charge in [0.05, 0.1) is 38.6 Å². The van der Waals surface area contributed by atoms with Crippen LogP contribution >= 0.6 is 34.8 Å². The van der Waals surface area contributed by atoms with E-state index in [0.29, 0.717) is 21.4 Å². The predicted octanol–water partition coefficient (Wildman–Crippen LogP) is 4.94. The van der Waals surface area contributed by atoms with E-state index in [-0.39, 0.29) is 5.88 Å². The summed E-state index contributed by atoms with van der Waals surface area (Å²) in [7, 11) is 0. The van der Waals surface area contributed by atoms with E-state index in [1.807, 2.05) is 16.7 Å². The van der Waals surface area contributed by atoms with E-state index < -0.39 is 0 Å². The standard InChI is InChI=1S/C15H8Cl3N3/c16-7-15-20-13-5-11(17)12(18)6-14(13)21(15)10-3-1-9(8-19)2-4-10/h1-6H,7H2. The maximum atomic E-state index is 8.88. The first-order chi connectivity index (χ1) is 10.1. The molecule has 3 aromatic rings. The van der Waals surface area contributed by atoms with E-state index in [9.17, 15) is 0 Å². The van der Waals surface area contributed by atoms with Crippen molar-refractivity contribution in [2.45, 2.75) is 5.88 Å². The van der Waals surface area contributed by atoms with E-state index in [2.05, 4.69) is 11.1 Å². The van der Waals surface area contributed by atoms with E-state index in [0.717, 1.165) is 16.7 Å². The molecular formula is C15H8Cl3N3. The van der Waals surface area contributed by atoms with Gasteiger partial charge in [-0.2, -0.15) is 5.26 Å². The molecular weight excluding hydrogens is 329 g/mol. The molecule has 0 saturated heterocycles. The van der Waals surface area contributed by atoms with Crippen molar-refractivity contribution < 1.29 is 0 Å². The molecule has 0 saturated carbocycles. The van der Waals surface area contributed by atoms with Gasteiger partial charge in [-0.3, -0.25) is 4.57 Å². The van der Waals surface area contributed by atoms with Gasteiger partial charge in [0.25, 0.3) is 0 Å². The van der Waals surface area contributed by atoms with Crippen LogP contribution in [0, 0.1) is 11.3 Å². The van der Waals surface area contributed by atoms with Gasteiger partial charge in [-0.05, 0) is 36.4 Å². The lowest BCUT2D eigenvalue weighted by molar-refractivity contribution is 0.982. The molecule has 0 amide bonds. The van der Waals surface area contributed by atoms with Gasteiger partial charge < -0.3 is 0 Å². The Morgan fingerprint density at radius 2 is 1.76 bits per heavy atom. The Balaban J connectivity index is 2.28. The Kier molecular flexibility index (Phi) is 3.77. The van der Waals surface area contributed by atoms with Crippen LogP contribution in [0.3, 0.4) is 0 Å². The second kappa shape index (κ2) is 5.57. The van der Waals surface area contributed by atoms with Crippen LogP contribution in [0.4, 0.5) is 0 Å². The summed E-state index contributed by atoms with van der Waals surface area (Å²) in [5.41, 5.74) is 3.01. The number of hydrogen-bond donors (Lipinski definition) is 0. The molecule has 1 aromatic heterocycles. The summed E-state index contributed by atoms with van der Waals surface area (Å²) in [5.74, 6) is 0.943. The minimum atomic E-state index is 0.254. The Labute approximate surface area is 136 Å². The summed E-state index contributed by atoms with van der Waals surface area (Å²) in [6.45, 7) is 0. The number of nitrogens with zero attached hydrogens (tertiary/aromatic N) is 3. The fourth-order valence-electron chi connectivity index (χ4n) is 2.19. The second-order valence-electron chi connectivity index (χ2n) is 4.41. The number of benzene rings is 2. The second-order valence-corrected chi connectivity index (χ2v) is 5.49. The lowest BCUT2D eigenvalue weighted by Gasteiger charge is -2.08. The molecule has 2 aromatic carbocycles. The van der Waals surface area contributed by atoms with Crippen LogP contribution < -0.4 is 0 Å². The molecule has 0 bridgehead atoms. The summed E-state index contributed by atoms with van der Waals surface area (Å²) in [5, 5.41) is 9.79. The number of aromatic nitrogens is 2. The number of halogens is 3. The van der Waals surface area contributed by atoms with Crippen molar-refractivity contribution in [3.05, 3.63) is 57.8 Å². The van der Waals surface area contributed by atoms with Crippen molar-refractivity contribution in [3.8, 4) is 11.8 Å². The third kappa shape index (κ3) is 2.47. The molecule has 6 heteroatoms. The third-order valence-electron chi connectivity index (χ3n) is 3.14. The highest BCUT2D eigenvalue weighted by Gasteiger charge is 2.14. The molecule has 0 aliphatic heterocycles. The van der Waals surface area contributed by atoms with Gasteiger partial charge in [-0.1, -0.05) is 23.2 Å². The van der Waals surface area contributed by atoms with Gasteiger partial charge in [0.15, 0.2) is 0 Å². The average Bonchev–Trinajstić information content (AvgIpc) is 2.85. The summed E-state index contributed by atoms with van der Waals surface area (Å²) in [6, 6.07) is 12.8. The highest BCUT2D eigenvalue weighted by molar-refractivity contribution is 6.42. The van der Waals surface area contributed by atoms with Crippen LogP contribution in [0.15, 0.2) is 36.4 Å². The largest absolute Gasteiger partial charge is 0.295 e. The SMILES string of the molecule is N#Cc1ccc(-n2c(CCl)nc3cc(Cl)c(Cl)cc32)cc1. The normalized spacial score (nSPS) is 10.8. The Morgan fingerprint density at radius 1 is 1.10 bits per heavy atom. The molecule has 3 rings (SSSR count). The molecule has 0 spiro atoms. The molecule has 0 aliphatic carbocycles. The molecule has 0 radical (unpaired) electrons.